The Morgan fingerprint density at radius 2 is 1.88 bits per heavy atom. The van der Waals surface area contributed by atoms with Crippen LogP contribution in [0.2, 0.25) is 0 Å². The number of benzene rings is 1. The summed E-state index contributed by atoms with van der Waals surface area (Å²) in [5.74, 6) is -0.408. The molecule has 0 aliphatic rings. The lowest BCUT2D eigenvalue weighted by Crippen LogP contribution is -2.38. The van der Waals surface area contributed by atoms with E-state index >= 15 is 0 Å². The molecule has 1 aromatic carbocycles. The molecule has 0 spiro atoms. The molecular formula is C25H27N5O3. The number of ketones is 1. The minimum atomic E-state index is -0.668. The van der Waals surface area contributed by atoms with Gasteiger partial charge in [-0.25, -0.2) is 9.78 Å². The number of hydrogen-bond donors (Lipinski definition) is 2. The number of H-pyrrole nitrogens is 1. The van der Waals surface area contributed by atoms with Gasteiger partial charge in [-0.2, -0.15) is 5.26 Å². The first-order chi connectivity index (χ1) is 15.6. The molecule has 0 aliphatic carbocycles. The average molecular weight is 446 g/mol. The maximum absolute atomic E-state index is 13.8. The molecule has 0 saturated heterocycles. The van der Waals surface area contributed by atoms with Crippen molar-refractivity contribution < 1.29 is 4.79 Å². The molecule has 3 aromatic rings. The van der Waals surface area contributed by atoms with Gasteiger partial charge < -0.3 is 5.73 Å². The summed E-state index contributed by atoms with van der Waals surface area (Å²) in [7, 11) is 0. The predicted molar refractivity (Wildman–Crippen MR) is 126 cm³/mol. The molecule has 3 rings (SSSR count). The quantitative estimate of drug-likeness (QED) is 0.537. The highest BCUT2D eigenvalue weighted by Crippen LogP contribution is 2.21. The second kappa shape index (κ2) is 9.65. The SMILES string of the molecule is Cc1cc(CCC#N)cc(C(=O)c2c(C(C)C)c(=O)[nH]c(=O)n2Cc2cc(C)nc(N)c2)c1. The number of nitrogen functional groups attached to an aromatic ring is 1. The maximum atomic E-state index is 13.8. The molecule has 0 fully saturated rings. The van der Waals surface area contributed by atoms with Gasteiger partial charge in [-0.3, -0.25) is 19.1 Å². The molecule has 0 unspecified atom stereocenters. The number of nitrogens with zero attached hydrogens (tertiary/aromatic N) is 3. The normalized spacial score (nSPS) is 10.9. The summed E-state index contributed by atoms with van der Waals surface area (Å²) in [6, 6.07) is 10.9. The summed E-state index contributed by atoms with van der Waals surface area (Å²) in [6.07, 6.45) is 0.833. The minimum absolute atomic E-state index is 0.0527. The Kier molecular flexibility index (Phi) is 6.92. The monoisotopic (exact) mass is 445 g/mol. The van der Waals surface area contributed by atoms with E-state index in [1.165, 1.54) is 4.57 Å². The van der Waals surface area contributed by atoms with Gasteiger partial charge in [-0.1, -0.05) is 25.5 Å². The van der Waals surface area contributed by atoms with Crippen molar-refractivity contribution in [2.24, 2.45) is 0 Å². The van der Waals surface area contributed by atoms with E-state index in [9.17, 15) is 14.4 Å². The molecule has 0 aliphatic heterocycles. The lowest BCUT2D eigenvalue weighted by Gasteiger charge is -2.18. The highest BCUT2D eigenvalue weighted by molar-refractivity contribution is 6.09. The van der Waals surface area contributed by atoms with Crippen LogP contribution in [0.25, 0.3) is 0 Å². The van der Waals surface area contributed by atoms with Crippen LogP contribution < -0.4 is 17.0 Å². The van der Waals surface area contributed by atoms with Crippen molar-refractivity contribution in [3.8, 4) is 6.07 Å². The van der Waals surface area contributed by atoms with Crippen LogP contribution in [0.3, 0.4) is 0 Å². The summed E-state index contributed by atoms with van der Waals surface area (Å²) in [5, 5.41) is 8.92. The van der Waals surface area contributed by atoms with Crippen LogP contribution in [0, 0.1) is 25.2 Å². The second-order valence-electron chi connectivity index (χ2n) is 8.50. The fourth-order valence-electron chi connectivity index (χ4n) is 4.03. The summed E-state index contributed by atoms with van der Waals surface area (Å²) < 4.78 is 1.30. The van der Waals surface area contributed by atoms with Crippen LogP contribution >= 0.6 is 0 Å². The van der Waals surface area contributed by atoms with Gasteiger partial charge in [0, 0.05) is 23.2 Å². The smallest absolute Gasteiger partial charge is 0.329 e. The van der Waals surface area contributed by atoms with Gasteiger partial charge in [0.05, 0.1) is 12.6 Å². The minimum Gasteiger partial charge on any atom is -0.384 e. The standard InChI is InChI=1S/C25H27N5O3/c1-14(2)21-22(23(31)19-9-15(3)8-17(11-19)6-5-7-26)30(25(33)29-24(21)32)13-18-10-16(4)28-20(27)12-18/h8-12,14H,5-6,13H2,1-4H3,(H2,27,28)(H,29,32,33). The number of carbonyl (C=O) groups is 1. The van der Waals surface area contributed by atoms with Crippen molar-refractivity contribution in [3.05, 3.63) is 90.4 Å². The van der Waals surface area contributed by atoms with E-state index in [0.717, 1.165) is 11.1 Å². The van der Waals surface area contributed by atoms with Crippen molar-refractivity contribution in [1.29, 1.82) is 5.26 Å². The lowest BCUT2D eigenvalue weighted by atomic mass is 9.94. The molecule has 33 heavy (non-hydrogen) atoms. The van der Waals surface area contributed by atoms with Gasteiger partial charge in [0.15, 0.2) is 0 Å². The van der Waals surface area contributed by atoms with E-state index in [1.807, 2.05) is 13.0 Å². The van der Waals surface area contributed by atoms with Crippen molar-refractivity contribution in [3.63, 3.8) is 0 Å². The highest BCUT2D eigenvalue weighted by Gasteiger charge is 2.25. The van der Waals surface area contributed by atoms with Gasteiger partial charge >= 0.3 is 5.69 Å². The number of anilines is 1. The third-order valence-corrected chi connectivity index (χ3v) is 5.33. The number of aromatic amines is 1. The summed E-state index contributed by atoms with van der Waals surface area (Å²) in [6.45, 7) is 7.32. The Morgan fingerprint density at radius 3 is 2.52 bits per heavy atom. The van der Waals surface area contributed by atoms with Crippen LogP contribution in [0.4, 0.5) is 5.82 Å². The van der Waals surface area contributed by atoms with Crippen molar-refractivity contribution in [2.75, 3.05) is 5.73 Å². The number of nitriles is 1. The van der Waals surface area contributed by atoms with E-state index < -0.39 is 17.0 Å². The zero-order valence-corrected chi connectivity index (χ0v) is 19.2. The summed E-state index contributed by atoms with van der Waals surface area (Å²) >= 11 is 0. The Labute approximate surface area is 191 Å². The van der Waals surface area contributed by atoms with Crippen LogP contribution in [0.1, 0.15) is 70.2 Å². The number of nitrogens with one attached hydrogen (secondary N) is 1. The third kappa shape index (κ3) is 5.26. The molecule has 2 aromatic heterocycles. The molecule has 0 atom stereocenters. The molecular weight excluding hydrogens is 418 g/mol. The Hall–Kier alpha value is -3.99. The number of carbonyl (C=O) groups excluding carboxylic acids is 1. The Balaban J connectivity index is 2.24. The largest absolute Gasteiger partial charge is 0.384 e. The van der Waals surface area contributed by atoms with Crippen molar-refractivity contribution >= 4 is 11.6 Å². The van der Waals surface area contributed by atoms with E-state index in [-0.39, 0.29) is 23.7 Å². The summed E-state index contributed by atoms with van der Waals surface area (Å²) in [5.41, 5.74) is 8.39. The number of aryl methyl sites for hydroxylation is 3. The zero-order chi connectivity index (χ0) is 24.3. The molecule has 0 amide bonds. The van der Waals surface area contributed by atoms with E-state index in [4.69, 9.17) is 11.0 Å². The molecule has 8 heteroatoms. The first-order valence-electron chi connectivity index (χ1n) is 10.7. The molecule has 0 bridgehead atoms. The number of hydrogen-bond acceptors (Lipinski definition) is 6. The Bertz CT molecular complexity index is 1360. The van der Waals surface area contributed by atoms with Gasteiger partial charge in [0.25, 0.3) is 5.56 Å². The zero-order valence-electron chi connectivity index (χ0n) is 19.2. The van der Waals surface area contributed by atoms with Gasteiger partial charge in [0.1, 0.15) is 11.5 Å². The topological polar surface area (TPSA) is 135 Å². The fraction of sp³-hybridized carbons (Fsp3) is 0.320. The van der Waals surface area contributed by atoms with Crippen LogP contribution in [-0.2, 0) is 13.0 Å². The predicted octanol–water partition coefficient (Wildman–Crippen LogP) is 2.99. The molecule has 0 saturated carbocycles. The van der Waals surface area contributed by atoms with Gasteiger partial charge in [-0.15, -0.1) is 0 Å². The lowest BCUT2D eigenvalue weighted by molar-refractivity contribution is 0.102. The first kappa shape index (κ1) is 23.7. The number of pyridine rings is 1. The summed E-state index contributed by atoms with van der Waals surface area (Å²) in [4.78, 5) is 45.9. The Morgan fingerprint density at radius 1 is 1.15 bits per heavy atom. The van der Waals surface area contributed by atoms with Crippen molar-refractivity contribution in [1.82, 2.24) is 14.5 Å². The second-order valence-corrected chi connectivity index (χ2v) is 8.50. The van der Waals surface area contributed by atoms with Crippen molar-refractivity contribution in [2.45, 2.75) is 53.0 Å². The van der Waals surface area contributed by atoms with Crippen LogP contribution in [-0.4, -0.2) is 20.3 Å². The van der Waals surface area contributed by atoms with Crippen LogP contribution in [0.5, 0.6) is 0 Å². The number of rotatable bonds is 7. The molecule has 8 nitrogen and oxygen atoms in total. The fourth-order valence-corrected chi connectivity index (χ4v) is 4.03. The number of aromatic nitrogens is 3. The molecule has 170 valence electrons. The van der Waals surface area contributed by atoms with E-state index in [1.54, 1.807) is 45.0 Å². The molecule has 3 N–H and O–H groups in total. The van der Waals surface area contributed by atoms with Crippen LogP contribution in [0.15, 0.2) is 39.9 Å². The van der Waals surface area contributed by atoms with E-state index in [0.29, 0.717) is 35.5 Å². The van der Waals surface area contributed by atoms with E-state index in [2.05, 4.69) is 16.0 Å². The molecule has 0 radical (unpaired) electrons. The third-order valence-electron chi connectivity index (χ3n) is 5.33. The first-order valence-corrected chi connectivity index (χ1v) is 10.7. The molecule has 2 heterocycles. The van der Waals surface area contributed by atoms with Gasteiger partial charge in [0.2, 0.25) is 5.78 Å². The number of nitrogens with two attached hydrogens (primary N) is 1. The van der Waals surface area contributed by atoms with Gasteiger partial charge in [-0.05, 0) is 61.6 Å². The highest BCUT2D eigenvalue weighted by atomic mass is 16.2. The maximum Gasteiger partial charge on any atom is 0.329 e. The average Bonchev–Trinajstić information content (AvgIpc) is 2.72.